The number of aryl methyl sites for hydroxylation is 2. The Morgan fingerprint density at radius 2 is 2.25 bits per heavy atom. The molecule has 0 aliphatic heterocycles. The van der Waals surface area contributed by atoms with Gasteiger partial charge in [-0.1, -0.05) is 18.1 Å². The second-order valence-electron chi connectivity index (χ2n) is 4.74. The lowest BCUT2D eigenvalue weighted by Crippen LogP contribution is -2.03. The van der Waals surface area contributed by atoms with Crippen molar-refractivity contribution in [1.29, 1.82) is 0 Å². The van der Waals surface area contributed by atoms with E-state index < -0.39 is 0 Å². The Morgan fingerprint density at radius 1 is 1.35 bits per heavy atom. The molecule has 0 aliphatic rings. The third-order valence-electron chi connectivity index (χ3n) is 3.16. The Balaban J connectivity index is 1.74. The quantitative estimate of drug-likeness (QED) is 0.772. The van der Waals surface area contributed by atoms with E-state index in [0.717, 1.165) is 29.7 Å². The molecular weight excluding hydrogens is 254 g/mol. The first-order valence-electron chi connectivity index (χ1n) is 6.75. The summed E-state index contributed by atoms with van der Waals surface area (Å²) in [4.78, 5) is 4.42. The van der Waals surface area contributed by atoms with Gasteiger partial charge in [-0.05, 0) is 25.0 Å². The van der Waals surface area contributed by atoms with Crippen molar-refractivity contribution in [2.24, 2.45) is 0 Å². The monoisotopic (exact) mass is 271 g/mol. The van der Waals surface area contributed by atoms with E-state index in [0.29, 0.717) is 18.5 Å². The van der Waals surface area contributed by atoms with E-state index in [1.54, 1.807) is 0 Å². The van der Waals surface area contributed by atoms with E-state index in [-0.39, 0.29) is 0 Å². The second kappa shape index (κ2) is 5.32. The van der Waals surface area contributed by atoms with Crippen LogP contribution in [0.5, 0.6) is 0 Å². The lowest BCUT2D eigenvalue weighted by Gasteiger charge is -2.03. The van der Waals surface area contributed by atoms with Gasteiger partial charge in [-0.3, -0.25) is 0 Å². The summed E-state index contributed by atoms with van der Waals surface area (Å²) in [6.45, 7) is 4.73. The fraction of sp³-hybridized carbons (Fsp3) is 0.357. The summed E-state index contributed by atoms with van der Waals surface area (Å²) >= 11 is 0. The van der Waals surface area contributed by atoms with Crippen molar-refractivity contribution in [1.82, 2.24) is 19.6 Å². The van der Waals surface area contributed by atoms with E-state index in [4.69, 9.17) is 4.42 Å². The molecule has 1 N–H and O–H groups in total. The molecule has 0 radical (unpaired) electrons. The number of nitrogens with one attached hydrogen (secondary N) is 1. The van der Waals surface area contributed by atoms with Crippen LogP contribution < -0.4 is 5.32 Å². The van der Waals surface area contributed by atoms with Crippen LogP contribution in [0.25, 0.3) is 5.65 Å². The van der Waals surface area contributed by atoms with Crippen LogP contribution in [0.3, 0.4) is 0 Å². The molecule has 6 nitrogen and oxygen atoms in total. The Hall–Kier alpha value is -2.37. The van der Waals surface area contributed by atoms with Crippen LogP contribution in [0.1, 0.15) is 30.5 Å². The van der Waals surface area contributed by atoms with Crippen LogP contribution in [-0.2, 0) is 13.0 Å². The molecular formula is C14H17N5O. The fourth-order valence-corrected chi connectivity index (χ4v) is 2.14. The maximum atomic E-state index is 5.50. The van der Waals surface area contributed by atoms with Gasteiger partial charge in [0.15, 0.2) is 0 Å². The molecule has 0 aliphatic carbocycles. The summed E-state index contributed by atoms with van der Waals surface area (Å²) in [7, 11) is 0. The molecule has 104 valence electrons. The Labute approximate surface area is 116 Å². The fourth-order valence-electron chi connectivity index (χ4n) is 2.14. The average Bonchev–Trinajstić information content (AvgIpc) is 3.04. The summed E-state index contributed by atoms with van der Waals surface area (Å²) < 4.78 is 7.56. The van der Waals surface area contributed by atoms with Gasteiger partial charge < -0.3 is 14.1 Å². The molecule has 0 saturated heterocycles. The first-order valence-corrected chi connectivity index (χ1v) is 6.75. The molecule has 0 spiro atoms. The van der Waals surface area contributed by atoms with E-state index >= 15 is 0 Å². The first kappa shape index (κ1) is 12.7. The maximum Gasteiger partial charge on any atom is 0.315 e. The zero-order valence-corrected chi connectivity index (χ0v) is 11.6. The van der Waals surface area contributed by atoms with Crippen molar-refractivity contribution in [2.45, 2.75) is 33.2 Å². The molecule has 0 saturated carbocycles. The van der Waals surface area contributed by atoms with Crippen LogP contribution >= 0.6 is 0 Å². The number of fused-ring (bicyclic) bond motifs is 1. The van der Waals surface area contributed by atoms with Gasteiger partial charge in [-0.2, -0.15) is 0 Å². The lowest BCUT2D eigenvalue weighted by molar-refractivity contribution is 0.500. The zero-order chi connectivity index (χ0) is 13.9. The Kier molecular flexibility index (Phi) is 3.37. The van der Waals surface area contributed by atoms with Crippen LogP contribution in [0, 0.1) is 6.92 Å². The second-order valence-corrected chi connectivity index (χ2v) is 4.74. The average molecular weight is 271 g/mol. The van der Waals surface area contributed by atoms with Gasteiger partial charge in [0.1, 0.15) is 5.65 Å². The summed E-state index contributed by atoms with van der Waals surface area (Å²) in [6.07, 6.45) is 5.67. The third kappa shape index (κ3) is 2.36. The highest BCUT2D eigenvalue weighted by Crippen LogP contribution is 2.13. The SMILES string of the molecule is CCCc1nnc(NCc2cnc3c(C)cccn23)o1. The number of hydrogen-bond acceptors (Lipinski definition) is 5. The van der Waals surface area contributed by atoms with Gasteiger partial charge in [-0.15, -0.1) is 5.10 Å². The smallest absolute Gasteiger partial charge is 0.315 e. The number of anilines is 1. The number of nitrogens with zero attached hydrogens (tertiary/aromatic N) is 4. The van der Waals surface area contributed by atoms with E-state index in [1.165, 1.54) is 0 Å². The molecule has 3 rings (SSSR count). The van der Waals surface area contributed by atoms with E-state index in [1.807, 2.05) is 18.5 Å². The maximum absolute atomic E-state index is 5.50. The van der Waals surface area contributed by atoms with Crippen molar-refractivity contribution >= 4 is 11.7 Å². The molecule has 3 aromatic rings. The number of hydrogen-bond donors (Lipinski definition) is 1. The molecule has 0 fully saturated rings. The highest BCUT2D eigenvalue weighted by Gasteiger charge is 2.08. The number of pyridine rings is 1. The Bertz CT molecular complexity index is 715. The van der Waals surface area contributed by atoms with Gasteiger partial charge in [-0.25, -0.2) is 4.98 Å². The van der Waals surface area contributed by atoms with Gasteiger partial charge >= 0.3 is 6.01 Å². The van der Waals surface area contributed by atoms with Crippen molar-refractivity contribution in [3.8, 4) is 0 Å². The third-order valence-corrected chi connectivity index (χ3v) is 3.16. The molecule has 0 amide bonds. The van der Waals surface area contributed by atoms with Gasteiger partial charge in [0.05, 0.1) is 18.4 Å². The zero-order valence-electron chi connectivity index (χ0n) is 11.6. The molecule has 20 heavy (non-hydrogen) atoms. The van der Waals surface area contributed by atoms with Gasteiger partial charge in [0.2, 0.25) is 5.89 Å². The summed E-state index contributed by atoms with van der Waals surface area (Å²) in [5.41, 5.74) is 3.18. The van der Waals surface area contributed by atoms with Crippen molar-refractivity contribution in [2.75, 3.05) is 5.32 Å². The van der Waals surface area contributed by atoms with Crippen molar-refractivity contribution < 1.29 is 4.42 Å². The van der Waals surface area contributed by atoms with Gasteiger partial charge in [0.25, 0.3) is 0 Å². The van der Waals surface area contributed by atoms with E-state index in [2.05, 4.69) is 44.8 Å². The molecule has 0 aromatic carbocycles. The molecule has 6 heteroatoms. The lowest BCUT2D eigenvalue weighted by atomic mass is 10.3. The number of rotatable bonds is 5. The molecule has 0 bridgehead atoms. The van der Waals surface area contributed by atoms with Crippen molar-refractivity contribution in [3.63, 3.8) is 0 Å². The highest BCUT2D eigenvalue weighted by atomic mass is 16.4. The minimum Gasteiger partial charge on any atom is -0.408 e. The largest absolute Gasteiger partial charge is 0.408 e. The summed E-state index contributed by atoms with van der Waals surface area (Å²) in [6, 6.07) is 4.52. The number of aromatic nitrogens is 4. The molecule has 0 atom stereocenters. The highest BCUT2D eigenvalue weighted by molar-refractivity contribution is 5.48. The Morgan fingerprint density at radius 3 is 3.10 bits per heavy atom. The van der Waals surface area contributed by atoms with E-state index in [9.17, 15) is 0 Å². The van der Waals surface area contributed by atoms with Crippen LogP contribution in [-0.4, -0.2) is 19.6 Å². The van der Waals surface area contributed by atoms with Crippen LogP contribution in [0.4, 0.5) is 6.01 Å². The van der Waals surface area contributed by atoms with Crippen LogP contribution in [0.15, 0.2) is 28.9 Å². The molecule has 3 aromatic heterocycles. The molecule has 3 heterocycles. The minimum atomic E-state index is 0.455. The topological polar surface area (TPSA) is 68.2 Å². The first-order chi connectivity index (χ1) is 9.78. The standard InChI is InChI=1S/C14H17N5O/c1-3-5-12-17-18-14(20-12)16-9-11-8-15-13-10(2)6-4-7-19(11)13/h4,6-8H,3,5,9H2,1-2H3,(H,16,18). The summed E-state index contributed by atoms with van der Waals surface area (Å²) in [5, 5.41) is 11.1. The normalized spacial score (nSPS) is 11.1. The van der Waals surface area contributed by atoms with Gasteiger partial charge in [0, 0.05) is 12.6 Å². The minimum absolute atomic E-state index is 0.455. The van der Waals surface area contributed by atoms with Crippen LogP contribution in [0.2, 0.25) is 0 Å². The predicted molar refractivity (Wildman–Crippen MR) is 75.5 cm³/mol. The molecule has 0 unspecified atom stereocenters. The van der Waals surface area contributed by atoms with Crippen molar-refractivity contribution in [3.05, 3.63) is 41.7 Å². The predicted octanol–water partition coefficient (Wildman–Crippen LogP) is 2.59. The number of imidazole rings is 1. The summed E-state index contributed by atoms with van der Waals surface area (Å²) in [5.74, 6) is 0.670.